The summed E-state index contributed by atoms with van der Waals surface area (Å²) in [7, 11) is -2.05. The first kappa shape index (κ1) is 21.4. The van der Waals surface area contributed by atoms with Gasteiger partial charge in [0.15, 0.2) is 0 Å². The highest BCUT2D eigenvalue weighted by molar-refractivity contribution is 6.66. The Hall–Kier alpha value is -0.633. The highest BCUT2D eigenvalue weighted by Crippen LogP contribution is 2.15. The molecule has 0 spiro atoms. The number of amides is 2. The van der Waals surface area contributed by atoms with Crippen LogP contribution in [-0.4, -0.2) is 65.4 Å². The molecule has 0 aromatic carbocycles. The van der Waals surface area contributed by atoms with Crippen molar-refractivity contribution in [2.24, 2.45) is 0 Å². The molecule has 2 N–H and O–H groups in total. The van der Waals surface area contributed by atoms with E-state index < -0.39 is 8.56 Å². The third kappa shape index (κ3) is 10.2. The molecule has 132 valence electrons. The van der Waals surface area contributed by atoms with Gasteiger partial charge in [0.2, 0.25) is 0 Å². The van der Waals surface area contributed by atoms with Gasteiger partial charge < -0.3 is 24.4 Å². The molecule has 0 saturated heterocycles. The zero-order valence-corrected chi connectivity index (χ0v) is 16.0. The average molecular weight is 334 g/mol. The predicted octanol–water partition coefficient (Wildman–Crippen LogP) is 2.16. The first-order chi connectivity index (χ1) is 10.5. The van der Waals surface area contributed by atoms with Crippen molar-refractivity contribution in [1.29, 1.82) is 0 Å². The summed E-state index contributed by atoms with van der Waals surface area (Å²) in [4.78, 5) is 14.0. The summed E-state index contributed by atoms with van der Waals surface area (Å²) >= 11 is 0. The molecule has 7 heteroatoms. The number of carbonyl (C=O) groups excluding carboxylic acids is 1. The molecule has 0 heterocycles. The van der Waals surface area contributed by atoms with Crippen LogP contribution in [0.1, 0.15) is 34.1 Å². The number of carbonyl (C=O) groups is 1. The van der Waals surface area contributed by atoms with E-state index in [0.717, 1.165) is 32.1 Å². The lowest BCUT2D eigenvalue weighted by Crippen LogP contribution is -2.42. The molecule has 6 nitrogen and oxygen atoms in total. The van der Waals surface area contributed by atoms with Crippen molar-refractivity contribution < 1.29 is 13.6 Å². The van der Waals surface area contributed by atoms with Crippen LogP contribution in [0.3, 0.4) is 0 Å². The van der Waals surface area contributed by atoms with Gasteiger partial charge in [-0.05, 0) is 45.9 Å². The van der Waals surface area contributed by atoms with Crippen LogP contribution in [0.2, 0.25) is 12.6 Å². The number of hydrogen-bond acceptors (Lipinski definition) is 4. The maximum Gasteiger partial charge on any atom is 0.334 e. The third-order valence-electron chi connectivity index (χ3n) is 3.60. The second kappa shape index (κ2) is 12.9. The standard InChI is InChI=1S/C15H35N3O3Si/c1-6-18(7-2)13-12-17-15(19)16-11-10-14-22(5,20-8-3)21-9-4/h6-14H2,1-5H3,(H2,16,17,19). The highest BCUT2D eigenvalue weighted by Gasteiger charge is 2.29. The summed E-state index contributed by atoms with van der Waals surface area (Å²) in [5, 5.41) is 5.78. The van der Waals surface area contributed by atoms with Gasteiger partial charge in [0, 0.05) is 32.8 Å². The van der Waals surface area contributed by atoms with Crippen LogP contribution in [0.15, 0.2) is 0 Å². The van der Waals surface area contributed by atoms with E-state index in [9.17, 15) is 4.79 Å². The van der Waals surface area contributed by atoms with Crippen molar-refractivity contribution in [2.45, 2.75) is 46.7 Å². The zero-order chi connectivity index (χ0) is 16.8. The molecule has 0 fully saturated rings. The summed E-state index contributed by atoms with van der Waals surface area (Å²) in [5.41, 5.74) is 0. The summed E-state index contributed by atoms with van der Waals surface area (Å²) in [6, 6.07) is 0.803. The molecule has 0 radical (unpaired) electrons. The first-order valence-corrected chi connectivity index (χ1v) is 11.1. The molecule has 0 bridgehead atoms. The van der Waals surface area contributed by atoms with Crippen LogP contribution in [-0.2, 0) is 8.85 Å². The van der Waals surface area contributed by atoms with Gasteiger partial charge in [0.1, 0.15) is 0 Å². The molecule has 0 rings (SSSR count). The quantitative estimate of drug-likeness (QED) is 0.400. The second-order valence-electron chi connectivity index (χ2n) is 5.31. The minimum atomic E-state index is -2.05. The summed E-state index contributed by atoms with van der Waals surface area (Å²) < 4.78 is 11.6. The Morgan fingerprint density at radius 2 is 1.55 bits per heavy atom. The van der Waals surface area contributed by atoms with E-state index in [0.29, 0.717) is 26.3 Å². The van der Waals surface area contributed by atoms with E-state index in [4.69, 9.17) is 8.85 Å². The highest BCUT2D eigenvalue weighted by atomic mass is 28.4. The summed E-state index contributed by atoms with van der Waals surface area (Å²) in [6.07, 6.45) is 0.881. The minimum absolute atomic E-state index is 0.0941. The van der Waals surface area contributed by atoms with Crippen LogP contribution < -0.4 is 10.6 Å². The van der Waals surface area contributed by atoms with E-state index >= 15 is 0 Å². The third-order valence-corrected chi connectivity index (χ3v) is 6.66. The average Bonchev–Trinajstić information content (AvgIpc) is 2.49. The predicted molar refractivity (Wildman–Crippen MR) is 93.5 cm³/mol. The Morgan fingerprint density at radius 1 is 1.00 bits per heavy atom. The number of nitrogens with zero attached hydrogens (tertiary/aromatic N) is 1. The molecule has 22 heavy (non-hydrogen) atoms. The molecule has 0 aromatic rings. The topological polar surface area (TPSA) is 62.8 Å². The van der Waals surface area contributed by atoms with Crippen LogP contribution in [0, 0.1) is 0 Å². The normalized spacial score (nSPS) is 11.7. The largest absolute Gasteiger partial charge is 0.395 e. The number of nitrogens with one attached hydrogen (secondary N) is 2. The molecule has 0 aliphatic heterocycles. The lowest BCUT2D eigenvalue weighted by molar-refractivity contribution is 0.188. The van der Waals surface area contributed by atoms with Crippen LogP contribution in [0.5, 0.6) is 0 Å². The van der Waals surface area contributed by atoms with Crippen molar-refractivity contribution in [3.05, 3.63) is 0 Å². The van der Waals surface area contributed by atoms with E-state index in [1.54, 1.807) is 0 Å². The second-order valence-corrected chi connectivity index (χ2v) is 8.66. The van der Waals surface area contributed by atoms with Crippen molar-refractivity contribution >= 4 is 14.6 Å². The maximum atomic E-state index is 11.7. The van der Waals surface area contributed by atoms with E-state index in [1.807, 2.05) is 13.8 Å². The molecule has 0 atom stereocenters. The fourth-order valence-electron chi connectivity index (χ4n) is 2.34. The van der Waals surface area contributed by atoms with Gasteiger partial charge in [-0.15, -0.1) is 0 Å². The van der Waals surface area contributed by atoms with E-state index in [-0.39, 0.29) is 6.03 Å². The molecule has 0 unspecified atom stereocenters. The molecule has 0 aliphatic rings. The van der Waals surface area contributed by atoms with Gasteiger partial charge in [-0.3, -0.25) is 0 Å². The van der Waals surface area contributed by atoms with Crippen LogP contribution >= 0.6 is 0 Å². The van der Waals surface area contributed by atoms with Gasteiger partial charge >= 0.3 is 14.6 Å². The fourth-order valence-corrected chi connectivity index (χ4v) is 4.75. The molecule has 2 amide bonds. The van der Waals surface area contributed by atoms with Crippen molar-refractivity contribution in [1.82, 2.24) is 15.5 Å². The van der Waals surface area contributed by atoms with Gasteiger partial charge in [0.25, 0.3) is 0 Å². The number of urea groups is 1. The van der Waals surface area contributed by atoms with E-state index in [1.165, 1.54) is 0 Å². The lowest BCUT2D eigenvalue weighted by Gasteiger charge is -2.25. The van der Waals surface area contributed by atoms with Crippen molar-refractivity contribution in [3.63, 3.8) is 0 Å². The fraction of sp³-hybridized carbons (Fsp3) is 0.933. The Bertz CT molecular complexity index is 283. The van der Waals surface area contributed by atoms with E-state index in [2.05, 4.69) is 35.9 Å². The molecule has 0 aliphatic carbocycles. The maximum absolute atomic E-state index is 11.7. The van der Waals surface area contributed by atoms with Gasteiger partial charge in [0.05, 0.1) is 0 Å². The number of hydrogen-bond donors (Lipinski definition) is 2. The lowest BCUT2D eigenvalue weighted by atomic mass is 10.4. The number of likely N-dealkylation sites (N-methyl/N-ethyl adjacent to an activating group) is 1. The Balaban J connectivity index is 3.78. The minimum Gasteiger partial charge on any atom is -0.395 e. The molecule has 0 saturated carbocycles. The summed E-state index contributed by atoms with van der Waals surface area (Å²) in [6.45, 7) is 15.9. The van der Waals surface area contributed by atoms with Crippen LogP contribution in [0.4, 0.5) is 4.79 Å². The zero-order valence-electron chi connectivity index (χ0n) is 15.0. The van der Waals surface area contributed by atoms with Gasteiger partial charge in [-0.2, -0.15) is 0 Å². The Labute approximate surface area is 137 Å². The monoisotopic (exact) mass is 333 g/mol. The summed E-state index contributed by atoms with van der Waals surface area (Å²) in [5.74, 6) is 0. The van der Waals surface area contributed by atoms with Crippen molar-refractivity contribution in [2.75, 3.05) is 45.9 Å². The molecular formula is C15H35N3O3Si. The number of rotatable bonds is 13. The van der Waals surface area contributed by atoms with Crippen LogP contribution in [0.25, 0.3) is 0 Å². The van der Waals surface area contributed by atoms with Gasteiger partial charge in [-0.25, -0.2) is 4.79 Å². The SMILES string of the molecule is CCO[Si](C)(CCCNC(=O)NCCN(CC)CC)OCC. The molecule has 0 aromatic heterocycles. The first-order valence-electron chi connectivity index (χ1n) is 8.53. The van der Waals surface area contributed by atoms with Gasteiger partial charge in [-0.1, -0.05) is 13.8 Å². The molecular weight excluding hydrogens is 298 g/mol. The Kier molecular flexibility index (Phi) is 12.5. The van der Waals surface area contributed by atoms with Crippen molar-refractivity contribution in [3.8, 4) is 0 Å². The Morgan fingerprint density at radius 3 is 2.05 bits per heavy atom. The smallest absolute Gasteiger partial charge is 0.334 e.